The Morgan fingerprint density at radius 2 is 1.95 bits per heavy atom. The number of β-amino-alcohol motifs (C(OH)–C–C–N with tert-alkyl or cyclic N) is 1. The Morgan fingerprint density at radius 3 is 2.57 bits per heavy atom. The minimum absolute atomic E-state index is 0.0842. The van der Waals surface area contributed by atoms with Crippen LogP contribution >= 0.6 is 0 Å². The van der Waals surface area contributed by atoms with Crippen LogP contribution in [0.15, 0.2) is 0 Å². The van der Waals surface area contributed by atoms with Gasteiger partial charge in [-0.15, -0.1) is 0 Å². The maximum Gasteiger partial charge on any atom is 0.326 e. The van der Waals surface area contributed by atoms with Crippen LogP contribution in [0.5, 0.6) is 0 Å². The topological polar surface area (TPSA) is 93.1 Å². The zero-order valence-corrected chi connectivity index (χ0v) is 12.5. The lowest BCUT2D eigenvalue weighted by atomic mass is 10.1. The zero-order chi connectivity index (χ0) is 15.4. The standard InChI is InChI=1S/C14H25N3O4/c1-10(16-5-3-2-4-6-16)8-15-14(21)17-9-11(18)7-12(17)13(19)20/h10-12,18H,2-9H2,1H3,(H,15,21)(H,19,20)/t10?,11-,12-/m1/s1. The fraction of sp³-hybridized carbons (Fsp3) is 0.857. The fourth-order valence-electron chi connectivity index (χ4n) is 3.10. The Bertz CT molecular complexity index is 384. The first-order chi connectivity index (χ1) is 9.99. The first-order valence-corrected chi connectivity index (χ1v) is 7.68. The van der Waals surface area contributed by atoms with Crippen LogP contribution in [0.2, 0.25) is 0 Å². The Hall–Kier alpha value is -1.34. The molecular formula is C14H25N3O4. The molecule has 7 heteroatoms. The minimum atomic E-state index is -1.06. The van der Waals surface area contributed by atoms with E-state index in [0.29, 0.717) is 6.54 Å². The third kappa shape index (κ3) is 4.07. The van der Waals surface area contributed by atoms with Gasteiger partial charge >= 0.3 is 12.0 Å². The highest BCUT2D eigenvalue weighted by atomic mass is 16.4. The number of piperidine rings is 1. The lowest BCUT2D eigenvalue weighted by Crippen LogP contribution is -2.50. The Labute approximate surface area is 124 Å². The second-order valence-corrected chi connectivity index (χ2v) is 6.03. The lowest BCUT2D eigenvalue weighted by molar-refractivity contribution is -0.141. The number of amides is 2. The molecule has 3 N–H and O–H groups in total. The molecule has 7 nitrogen and oxygen atoms in total. The van der Waals surface area contributed by atoms with E-state index in [0.717, 1.165) is 13.1 Å². The van der Waals surface area contributed by atoms with Crippen molar-refractivity contribution in [3.8, 4) is 0 Å². The van der Waals surface area contributed by atoms with Gasteiger partial charge in [0, 0.05) is 25.6 Å². The molecule has 0 bridgehead atoms. The molecule has 2 aliphatic rings. The van der Waals surface area contributed by atoms with Crippen molar-refractivity contribution in [3.05, 3.63) is 0 Å². The number of urea groups is 1. The second kappa shape index (κ2) is 7.09. The molecule has 0 aromatic rings. The van der Waals surface area contributed by atoms with Crippen molar-refractivity contribution in [2.45, 2.75) is 50.8 Å². The molecule has 1 unspecified atom stereocenters. The van der Waals surface area contributed by atoms with Gasteiger partial charge in [0.15, 0.2) is 0 Å². The maximum absolute atomic E-state index is 12.1. The lowest BCUT2D eigenvalue weighted by Gasteiger charge is -2.33. The molecule has 3 atom stereocenters. The number of rotatable bonds is 4. The molecule has 2 amide bonds. The van der Waals surface area contributed by atoms with Crippen molar-refractivity contribution in [1.82, 2.24) is 15.1 Å². The Kier molecular flexibility index (Phi) is 5.41. The zero-order valence-electron chi connectivity index (χ0n) is 12.5. The molecule has 0 spiro atoms. The van der Waals surface area contributed by atoms with Gasteiger partial charge in [-0.1, -0.05) is 6.42 Å². The Balaban J connectivity index is 1.81. The summed E-state index contributed by atoms with van der Waals surface area (Å²) in [4.78, 5) is 26.8. The summed E-state index contributed by atoms with van der Waals surface area (Å²) in [6, 6.07) is -1.09. The highest BCUT2D eigenvalue weighted by molar-refractivity contribution is 5.83. The quantitative estimate of drug-likeness (QED) is 0.684. The number of carbonyl (C=O) groups excluding carboxylic acids is 1. The summed E-state index contributed by atoms with van der Waals surface area (Å²) in [6.45, 7) is 4.76. The van der Waals surface area contributed by atoms with Gasteiger partial charge in [0.05, 0.1) is 6.10 Å². The smallest absolute Gasteiger partial charge is 0.326 e. The van der Waals surface area contributed by atoms with Crippen LogP contribution in [0.25, 0.3) is 0 Å². The normalized spacial score (nSPS) is 28.4. The van der Waals surface area contributed by atoms with E-state index in [-0.39, 0.29) is 19.0 Å². The van der Waals surface area contributed by atoms with Gasteiger partial charge < -0.3 is 20.4 Å². The summed E-state index contributed by atoms with van der Waals surface area (Å²) in [6.07, 6.45) is 3.00. The molecule has 2 aliphatic heterocycles. The third-order valence-corrected chi connectivity index (χ3v) is 4.39. The molecule has 0 aromatic carbocycles. The van der Waals surface area contributed by atoms with E-state index < -0.39 is 24.1 Å². The van der Waals surface area contributed by atoms with Crippen LogP contribution in [0.1, 0.15) is 32.6 Å². The number of carbonyl (C=O) groups is 2. The van der Waals surface area contributed by atoms with Crippen LogP contribution in [0, 0.1) is 0 Å². The van der Waals surface area contributed by atoms with Crippen LogP contribution in [0.4, 0.5) is 4.79 Å². The molecule has 2 saturated heterocycles. The molecule has 0 radical (unpaired) electrons. The second-order valence-electron chi connectivity index (χ2n) is 6.03. The minimum Gasteiger partial charge on any atom is -0.480 e. The van der Waals surface area contributed by atoms with E-state index in [2.05, 4.69) is 17.1 Å². The van der Waals surface area contributed by atoms with E-state index in [4.69, 9.17) is 5.11 Å². The number of nitrogens with zero attached hydrogens (tertiary/aromatic N) is 2. The summed E-state index contributed by atoms with van der Waals surface area (Å²) in [5.41, 5.74) is 0. The molecule has 0 aromatic heterocycles. The monoisotopic (exact) mass is 299 g/mol. The van der Waals surface area contributed by atoms with Crippen LogP contribution in [0.3, 0.4) is 0 Å². The highest BCUT2D eigenvalue weighted by Gasteiger charge is 2.39. The average Bonchev–Trinajstić information content (AvgIpc) is 2.87. The number of hydrogen-bond donors (Lipinski definition) is 3. The summed E-state index contributed by atoms with van der Waals surface area (Å²) in [5.74, 6) is -1.06. The van der Waals surface area contributed by atoms with Crippen LogP contribution in [-0.2, 0) is 4.79 Å². The van der Waals surface area contributed by atoms with E-state index in [1.807, 2.05) is 0 Å². The van der Waals surface area contributed by atoms with E-state index in [1.165, 1.54) is 24.2 Å². The molecule has 120 valence electrons. The van der Waals surface area contributed by atoms with Gasteiger partial charge in [0.25, 0.3) is 0 Å². The van der Waals surface area contributed by atoms with Gasteiger partial charge in [0.1, 0.15) is 6.04 Å². The first-order valence-electron chi connectivity index (χ1n) is 7.68. The van der Waals surface area contributed by atoms with E-state index >= 15 is 0 Å². The van der Waals surface area contributed by atoms with Crippen LogP contribution in [-0.4, -0.2) is 76.4 Å². The third-order valence-electron chi connectivity index (χ3n) is 4.39. The number of likely N-dealkylation sites (tertiary alicyclic amines) is 2. The predicted molar refractivity (Wildman–Crippen MR) is 77.0 cm³/mol. The van der Waals surface area contributed by atoms with Gasteiger partial charge in [-0.05, 0) is 32.9 Å². The van der Waals surface area contributed by atoms with Crippen molar-refractivity contribution in [2.24, 2.45) is 0 Å². The molecule has 2 rings (SSSR count). The molecular weight excluding hydrogens is 274 g/mol. The molecule has 0 saturated carbocycles. The number of hydrogen-bond acceptors (Lipinski definition) is 4. The van der Waals surface area contributed by atoms with Crippen molar-refractivity contribution in [1.29, 1.82) is 0 Å². The molecule has 2 heterocycles. The number of carboxylic acids is 1. The fourth-order valence-corrected chi connectivity index (χ4v) is 3.10. The number of carboxylic acid groups (broad SMARTS) is 1. The maximum atomic E-state index is 12.1. The molecule has 2 fully saturated rings. The molecule has 0 aliphatic carbocycles. The largest absolute Gasteiger partial charge is 0.480 e. The number of nitrogens with one attached hydrogen (secondary N) is 1. The van der Waals surface area contributed by atoms with E-state index in [9.17, 15) is 14.7 Å². The average molecular weight is 299 g/mol. The number of aliphatic carboxylic acids is 1. The van der Waals surface area contributed by atoms with Gasteiger partial charge in [-0.3, -0.25) is 4.90 Å². The van der Waals surface area contributed by atoms with Crippen LogP contribution < -0.4 is 5.32 Å². The molecule has 21 heavy (non-hydrogen) atoms. The summed E-state index contributed by atoms with van der Waals surface area (Å²) in [7, 11) is 0. The van der Waals surface area contributed by atoms with Crippen molar-refractivity contribution >= 4 is 12.0 Å². The highest BCUT2D eigenvalue weighted by Crippen LogP contribution is 2.18. The number of aliphatic hydroxyl groups is 1. The Morgan fingerprint density at radius 1 is 1.29 bits per heavy atom. The van der Waals surface area contributed by atoms with Gasteiger partial charge in [-0.2, -0.15) is 0 Å². The van der Waals surface area contributed by atoms with Crippen molar-refractivity contribution in [2.75, 3.05) is 26.2 Å². The predicted octanol–water partition coefficient (Wildman–Crippen LogP) is 0.0902. The van der Waals surface area contributed by atoms with Gasteiger partial charge in [-0.25, -0.2) is 9.59 Å². The summed E-state index contributed by atoms with van der Waals surface area (Å²) in [5, 5.41) is 21.4. The summed E-state index contributed by atoms with van der Waals surface area (Å²) < 4.78 is 0. The summed E-state index contributed by atoms with van der Waals surface area (Å²) >= 11 is 0. The SMILES string of the molecule is CC(CNC(=O)N1C[C@H](O)C[C@@H]1C(=O)O)N1CCCCC1. The van der Waals surface area contributed by atoms with E-state index in [1.54, 1.807) is 0 Å². The van der Waals surface area contributed by atoms with Gasteiger partial charge in [0.2, 0.25) is 0 Å². The first kappa shape index (κ1) is 16.0. The number of aliphatic hydroxyl groups excluding tert-OH is 1. The van der Waals surface area contributed by atoms with Crippen molar-refractivity contribution in [3.63, 3.8) is 0 Å². The van der Waals surface area contributed by atoms with Crippen molar-refractivity contribution < 1.29 is 19.8 Å².